The number of benzene rings is 2. The monoisotopic (exact) mass is 420 g/mol. The van der Waals surface area contributed by atoms with Gasteiger partial charge in [0.1, 0.15) is 17.3 Å². The van der Waals surface area contributed by atoms with Crippen LogP contribution in [0.25, 0.3) is 0 Å². The molecule has 31 heavy (non-hydrogen) atoms. The van der Waals surface area contributed by atoms with Crippen molar-refractivity contribution in [1.82, 2.24) is 10.2 Å². The van der Waals surface area contributed by atoms with Crippen LogP contribution in [0.3, 0.4) is 0 Å². The summed E-state index contributed by atoms with van der Waals surface area (Å²) >= 11 is 0. The number of furan rings is 1. The molecule has 1 amide bonds. The SMILES string of the molecule is COc1ccc(OC)c([C@H]2CCCN2C(=O)CN[C@@H](c2ccccc2)c2ccco2)c1. The standard InChI is InChI=1S/C25H28N2O4/c1-29-19-12-13-22(30-2)20(16-19)21-10-6-14-27(21)24(28)17-26-25(23-11-7-15-31-23)18-8-4-3-5-9-18/h3-5,7-9,11-13,15-16,21,25-26H,6,10,14,17H2,1-2H3/t21-,25+/m1/s1. The molecule has 6 heteroatoms. The van der Waals surface area contributed by atoms with Crippen LogP contribution in [0.2, 0.25) is 0 Å². The minimum absolute atomic E-state index is 0.0295. The third-order valence-electron chi connectivity index (χ3n) is 5.79. The number of carbonyl (C=O) groups is 1. The Morgan fingerprint density at radius 3 is 2.68 bits per heavy atom. The molecule has 2 atom stereocenters. The highest BCUT2D eigenvalue weighted by Gasteiger charge is 2.32. The molecule has 0 saturated carbocycles. The molecule has 0 unspecified atom stereocenters. The van der Waals surface area contributed by atoms with E-state index in [0.717, 1.165) is 47.8 Å². The summed E-state index contributed by atoms with van der Waals surface area (Å²) < 4.78 is 16.6. The summed E-state index contributed by atoms with van der Waals surface area (Å²) in [4.78, 5) is 15.2. The molecule has 2 heterocycles. The van der Waals surface area contributed by atoms with E-state index in [4.69, 9.17) is 13.9 Å². The van der Waals surface area contributed by atoms with Crippen LogP contribution in [-0.4, -0.2) is 38.1 Å². The second kappa shape index (κ2) is 9.71. The van der Waals surface area contributed by atoms with Crippen molar-refractivity contribution in [3.05, 3.63) is 83.8 Å². The van der Waals surface area contributed by atoms with E-state index in [2.05, 4.69) is 5.32 Å². The van der Waals surface area contributed by atoms with Gasteiger partial charge >= 0.3 is 0 Å². The quantitative estimate of drug-likeness (QED) is 0.587. The largest absolute Gasteiger partial charge is 0.497 e. The molecule has 0 bridgehead atoms. The summed E-state index contributed by atoms with van der Waals surface area (Å²) in [7, 11) is 3.30. The van der Waals surface area contributed by atoms with Crippen LogP contribution in [-0.2, 0) is 4.79 Å². The third kappa shape index (κ3) is 4.59. The number of hydrogen-bond donors (Lipinski definition) is 1. The molecule has 1 saturated heterocycles. The summed E-state index contributed by atoms with van der Waals surface area (Å²) in [5.41, 5.74) is 2.04. The highest BCUT2D eigenvalue weighted by atomic mass is 16.5. The Balaban J connectivity index is 1.51. The van der Waals surface area contributed by atoms with Crippen LogP contribution in [0, 0.1) is 0 Å². The molecule has 4 rings (SSSR count). The zero-order valence-corrected chi connectivity index (χ0v) is 17.9. The Hall–Kier alpha value is -3.25. The number of ether oxygens (including phenoxy) is 2. The molecule has 1 aliphatic heterocycles. The summed E-state index contributed by atoms with van der Waals surface area (Å²) in [5.74, 6) is 2.37. The molecular formula is C25H28N2O4. The van der Waals surface area contributed by atoms with E-state index in [9.17, 15) is 4.79 Å². The van der Waals surface area contributed by atoms with Gasteiger partial charge in [0.25, 0.3) is 0 Å². The van der Waals surface area contributed by atoms with E-state index in [0.29, 0.717) is 0 Å². The Morgan fingerprint density at radius 1 is 1.13 bits per heavy atom. The predicted molar refractivity (Wildman–Crippen MR) is 118 cm³/mol. The van der Waals surface area contributed by atoms with Gasteiger partial charge in [-0.2, -0.15) is 0 Å². The van der Waals surface area contributed by atoms with E-state index in [1.807, 2.05) is 65.6 Å². The topological polar surface area (TPSA) is 63.9 Å². The second-order valence-corrected chi connectivity index (χ2v) is 7.59. The van der Waals surface area contributed by atoms with Gasteiger partial charge in [-0.3, -0.25) is 10.1 Å². The highest BCUT2D eigenvalue weighted by molar-refractivity contribution is 5.79. The van der Waals surface area contributed by atoms with Gasteiger partial charge in [-0.1, -0.05) is 30.3 Å². The van der Waals surface area contributed by atoms with Gasteiger partial charge in [0.2, 0.25) is 5.91 Å². The lowest BCUT2D eigenvalue weighted by atomic mass is 10.0. The molecular weight excluding hydrogens is 392 g/mol. The first-order chi connectivity index (χ1) is 15.2. The minimum Gasteiger partial charge on any atom is -0.497 e. The molecule has 162 valence electrons. The maximum Gasteiger partial charge on any atom is 0.237 e. The molecule has 1 aromatic heterocycles. The number of likely N-dealkylation sites (tertiary alicyclic amines) is 1. The van der Waals surface area contributed by atoms with Gasteiger partial charge in [-0.05, 0) is 48.7 Å². The van der Waals surface area contributed by atoms with Gasteiger partial charge < -0.3 is 18.8 Å². The average Bonchev–Trinajstić information content (AvgIpc) is 3.52. The van der Waals surface area contributed by atoms with Crippen LogP contribution in [0.4, 0.5) is 0 Å². The second-order valence-electron chi connectivity index (χ2n) is 7.59. The normalized spacial score (nSPS) is 16.8. The van der Waals surface area contributed by atoms with Crippen LogP contribution < -0.4 is 14.8 Å². The van der Waals surface area contributed by atoms with Crippen LogP contribution in [0.15, 0.2) is 71.3 Å². The van der Waals surface area contributed by atoms with Crippen molar-refractivity contribution in [2.24, 2.45) is 0 Å². The lowest BCUT2D eigenvalue weighted by molar-refractivity contribution is -0.131. The number of amides is 1. The molecule has 2 aromatic carbocycles. The number of rotatable bonds is 8. The summed E-state index contributed by atoms with van der Waals surface area (Å²) in [6.07, 6.45) is 3.51. The van der Waals surface area contributed by atoms with Crippen molar-refractivity contribution in [2.75, 3.05) is 27.3 Å². The fraction of sp³-hybridized carbons (Fsp3) is 0.320. The first-order valence-corrected chi connectivity index (χ1v) is 10.5. The Bertz CT molecular complexity index is 988. The predicted octanol–water partition coefficient (Wildman–Crippen LogP) is 4.34. The Labute approximate surface area is 182 Å². The van der Waals surface area contributed by atoms with Gasteiger partial charge in [0, 0.05) is 12.1 Å². The van der Waals surface area contributed by atoms with Crippen molar-refractivity contribution in [2.45, 2.75) is 24.9 Å². The van der Waals surface area contributed by atoms with Crippen LogP contribution in [0.1, 0.15) is 41.8 Å². The van der Waals surface area contributed by atoms with Crippen molar-refractivity contribution >= 4 is 5.91 Å². The molecule has 0 radical (unpaired) electrons. The molecule has 1 fully saturated rings. The average molecular weight is 421 g/mol. The summed E-state index contributed by atoms with van der Waals surface area (Å²) in [6, 6.07) is 19.3. The number of nitrogens with one attached hydrogen (secondary N) is 1. The van der Waals surface area contributed by atoms with Crippen LogP contribution in [0.5, 0.6) is 11.5 Å². The fourth-order valence-electron chi connectivity index (χ4n) is 4.26. The molecule has 1 aliphatic rings. The Kier molecular flexibility index (Phi) is 6.57. The lowest BCUT2D eigenvalue weighted by Gasteiger charge is -2.27. The van der Waals surface area contributed by atoms with Crippen molar-refractivity contribution in [3.8, 4) is 11.5 Å². The van der Waals surface area contributed by atoms with E-state index in [1.165, 1.54) is 0 Å². The zero-order valence-electron chi connectivity index (χ0n) is 17.9. The fourth-order valence-corrected chi connectivity index (χ4v) is 4.26. The van der Waals surface area contributed by atoms with E-state index >= 15 is 0 Å². The maximum absolute atomic E-state index is 13.2. The van der Waals surface area contributed by atoms with Crippen molar-refractivity contribution in [3.63, 3.8) is 0 Å². The molecule has 0 spiro atoms. The van der Waals surface area contributed by atoms with Gasteiger partial charge in [-0.25, -0.2) is 0 Å². The highest BCUT2D eigenvalue weighted by Crippen LogP contribution is 2.39. The molecule has 3 aromatic rings. The first kappa shape index (κ1) is 21.0. The molecule has 0 aliphatic carbocycles. The van der Waals surface area contributed by atoms with Gasteiger partial charge in [0.15, 0.2) is 0 Å². The van der Waals surface area contributed by atoms with E-state index < -0.39 is 0 Å². The summed E-state index contributed by atoms with van der Waals surface area (Å²) in [5, 5.41) is 3.40. The number of nitrogens with zero attached hydrogens (tertiary/aromatic N) is 1. The lowest BCUT2D eigenvalue weighted by Crippen LogP contribution is -2.39. The maximum atomic E-state index is 13.2. The van der Waals surface area contributed by atoms with Crippen LogP contribution >= 0.6 is 0 Å². The smallest absolute Gasteiger partial charge is 0.237 e. The third-order valence-corrected chi connectivity index (χ3v) is 5.79. The van der Waals surface area contributed by atoms with Gasteiger partial charge in [-0.15, -0.1) is 0 Å². The van der Waals surface area contributed by atoms with Crippen molar-refractivity contribution in [1.29, 1.82) is 0 Å². The molecule has 6 nitrogen and oxygen atoms in total. The Morgan fingerprint density at radius 2 is 1.97 bits per heavy atom. The first-order valence-electron chi connectivity index (χ1n) is 10.5. The van der Waals surface area contributed by atoms with E-state index in [1.54, 1.807) is 20.5 Å². The number of carbonyl (C=O) groups excluding carboxylic acids is 1. The molecule has 1 N–H and O–H groups in total. The number of hydrogen-bond acceptors (Lipinski definition) is 5. The zero-order chi connectivity index (χ0) is 21.6. The van der Waals surface area contributed by atoms with Gasteiger partial charge in [0.05, 0.1) is 39.1 Å². The van der Waals surface area contributed by atoms with E-state index in [-0.39, 0.29) is 24.5 Å². The summed E-state index contributed by atoms with van der Waals surface area (Å²) in [6.45, 7) is 0.936. The number of methoxy groups -OCH3 is 2. The van der Waals surface area contributed by atoms with Crippen molar-refractivity contribution < 1.29 is 18.7 Å². The minimum atomic E-state index is -0.187.